The molecule has 1 aliphatic heterocycles. The first-order chi connectivity index (χ1) is 11.8. The lowest BCUT2D eigenvalue weighted by Gasteiger charge is -2.19. The fourth-order valence-electron chi connectivity index (χ4n) is 2.62. The van der Waals surface area contributed by atoms with Crippen LogP contribution in [0, 0.1) is 0 Å². The second kappa shape index (κ2) is 6.93. The van der Waals surface area contributed by atoms with E-state index in [1.807, 2.05) is 24.3 Å². The third kappa shape index (κ3) is 4.64. The molecule has 7 nitrogen and oxygen atoms in total. The highest BCUT2D eigenvalue weighted by atomic mass is 35.5. The third-order valence-corrected chi connectivity index (χ3v) is 3.90. The number of carbonyl (C=O) groups excluding carboxylic acids is 1. The molecule has 0 saturated carbocycles. The van der Waals surface area contributed by atoms with E-state index < -0.39 is 5.60 Å². The Hall–Kier alpha value is -2.25. The fraction of sp³-hybridized carbons (Fsp3) is 0.412. The second-order valence-electron chi connectivity index (χ2n) is 6.72. The summed E-state index contributed by atoms with van der Waals surface area (Å²) in [6.07, 6.45) is 1.37. The number of rotatable bonds is 5. The van der Waals surface area contributed by atoms with Crippen molar-refractivity contribution in [2.24, 2.45) is 5.10 Å². The molecule has 8 heteroatoms. The van der Waals surface area contributed by atoms with Crippen molar-refractivity contribution in [1.82, 2.24) is 20.2 Å². The molecular formula is C17H20ClN5O2. The lowest BCUT2D eigenvalue weighted by molar-refractivity contribution is -0.121. The number of aliphatic hydroxyl groups is 1. The van der Waals surface area contributed by atoms with E-state index in [1.165, 1.54) is 0 Å². The minimum Gasteiger partial charge on any atom is -0.389 e. The van der Waals surface area contributed by atoms with Crippen LogP contribution in [0.3, 0.4) is 0 Å². The number of aromatic nitrogens is 3. The van der Waals surface area contributed by atoms with E-state index in [4.69, 9.17) is 11.6 Å². The predicted molar refractivity (Wildman–Crippen MR) is 94.5 cm³/mol. The van der Waals surface area contributed by atoms with Crippen LogP contribution >= 0.6 is 11.6 Å². The van der Waals surface area contributed by atoms with Gasteiger partial charge in [-0.05, 0) is 31.5 Å². The lowest BCUT2D eigenvalue weighted by Crippen LogP contribution is -2.31. The zero-order valence-corrected chi connectivity index (χ0v) is 14.9. The maximum absolute atomic E-state index is 11.3. The molecule has 1 aromatic carbocycles. The maximum Gasteiger partial charge on any atom is 0.240 e. The molecule has 1 aliphatic rings. The Balaban J connectivity index is 1.92. The molecule has 132 valence electrons. The fourth-order valence-corrected chi connectivity index (χ4v) is 2.83. The first-order valence-corrected chi connectivity index (χ1v) is 8.44. The zero-order valence-electron chi connectivity index (χ0n) is 14.2. The van der Waals surface area contributed by atoms with E-state index >= 15 is 0 Å². The second-order valence-corrected chi connectivity index (χ2v) is 7.16. The van der Waals surface area contributed by atoms with Gasteiger partial charge in [-0.25, -0.2) is 15.1 Å². The Bertz CT molecular complexity index is 823. The molecule has 0 aliphatic carbocycles. The highest BCUT2D eigenvalue weighted by Crippen LogP contribution is 2.16. The normalized spacial score (nSPS) is 15.0. The topological polar surface area (TPSA) is 92.4 Å². The predicted octanol–water partition coefficient (Wildman–Crippen LogP) is 1.91. The van der Waals surface area contributed by atoms with Crippen molar-refractivity contribution >= 4 is 23.2 Å². The van der Waals surface area contributed by atoms with Crippen LogP contribution in [0.1, 0.15) is 43.9 Å². The highest BCUT2D eigenvalue weighted by Gasteiger charge is 2.24. The number of halogens is 1. The van der Waals surface area contributed by atoms with Crippen molar-refractivity contribution in [3.63, 3.8) is 0 Å². The van der Waals surface area contributed by atoms with E-state index in [1.54, 1.807) is 18.5 Å². The van der Waals surface area contributed by atoms with Crippen molar-refractivity contribution in [2.45, 2.75) is 45.3 Å². The van der Waals surface area contributed by atoms with Gasteiger partial charge in [0, 0.05) is 24.3 Å². The highest BCUT2D eigenvalue weighted by molar-refractivity contribution is 6.30. The van der Waals surface area contributed by atoms with Crippen molar-refractivity contribution in [3.8, 4) is 0 Å². The number of amides is 1. The van der Waals surface area contributed by atoms with Gasteiger partial charge in [-0.3, -0.25) is 4.79 Å². The number of hydrogen-bond donors (Lipinski definition) is 2. The third-order valence-electron chi connectivity index (χ3n) is 3.67. The summed E-state index contributed by atoms with van der Waals surface area (Å²) in [5.41, 5.74) is 3.18. The van der Waals surface area contributed by atoms with Gasteiger partial charge in [0.1, 0.15) is 5.71 Å². The summed E-state index contributed by atoms with van der Waals surface area (Å²) in [7, 11) is 0. The molecule has 0 unspecified atom stereocenters. The molecule has 1 aromatic heterocycles. The van der Waals surface area contributed by atoms with Crippen LogP contribution in [0.5, 0.6) is 0 Å². The Morgan fingerprint density at radius 3 is 2.80 bits per heavy atom. The Morgan fingerprint density at radius 2 is 2.16 bits per heavy atom. The largest absolute Gasteiger partial charge is 0.389 e. The van der Waals surface area contributed by atoms with Gasteiger partial charge in [-0.15, -0.1) is 0 Å². The smallest absolute Gasteiger partial charge is 0.240 e. The minimum atomic E-state index is -0.950. The van der Waals surface area contributed by atoms with E-state index in [-0.39, 0.29) is 12.5 Å². The zero-order chi connectivity index (χ0) is 18.0. The van der Waals surface area contributed by atoms with Crippen molar-refractivity contribution in [2.75, 3.05) is 0 Å². The quantitative estimate of drug-likeness (QED) is 0.850. The Labute approximate surface area is 150 Å². The van der Waals surface area contributed by atoms with Crippen LogP contribution in [0.25, 0.3) is 0 Å². The van der Waals surface area contributed by atoms with Gasteiger partial charge in [0.05, 0.1) is 12.1 Å². The number of nitrogens with zero attached hydrogens (tertiary/aromatic N) is 4. The van der Waals surface area contributed by atoms with Gasteiger partial charge in [0.2, 0.25) is 5.91 Å². The summed E-state index contributed by atoms with van der Waals surface area (Å²) >= 11 is 6.03. The van der Waals surface area contributed by atoms with Crippen LogP contribution in [0.4, 0.5) is 0 Å². The molecule has 1 amide bonds. The summed E-state index contributed by atoms with van der Waals surface area (Å²) in [4.78, 5) is 15.9. The van der Waals surface area contributed by atoms with E-state index in [0.29, 0.717) is 41.6 Å². The first-order valence-electron chi connectivity index (χ1n) is 8.06. The van der Waals surface area contributed by atoms with Gasteiger partial charge < -0.3 is 5.11 Å². The average molecular weight is 362 g/mol. The van der Waals surface area contributed by atoms with E-state index in [9.17, 15) is 9.90 Å². The molecule has 0 saturated heterocycles. The number of nitrogens with one attached hydrogen (secondary N) is 1. The lowest BCUT2D eigenvalue weighted by atomic mass is 10.1. The van der Waals surface area contributed by atoms with Gasteiger partial charge >= 0.3 is 0 Å². The SMILES string of the molecule is CC(C)(O)Cn1nc(Cc2cccc(Cl)c2)nc1C1=NNC(=O)CC1. The van der Waals surface area contributed by atoms with Gasteiger partial charge in [0.15, 0.2) is 11.6 Å². The van der Waals surface area contributed by atoms with Gasteiger partial charge in [0.25, 0.3) is 0 Å². The van der Waals surface area contributed by atoms with Gasteiger partial charge in [-0.1, -0.05) is 23.7 Å². The van der Waals surface area contributed by atoms with Crippen LogP contribution in [0.2, 0.25) is 5.02 Å². The molecule has 0 radical (unpaired) electrons. The molecule has 3 rings (SSSR count). The molecule has 25 heavy (non-hydrogen) atoms. The summed E-state index contributed by atoms with van der Waals surface area (Å²) < 4.78 is 1.65. The molecule has 0 fully saturated rings. The summed E-state index contributed by atoms with van der Waals surface area (Å²) in [6, 6.07) is 7.53. The van der Waals surface area contributed by atoms with E-state index in [0.717, 1.165) is 5.56 Å². The first kappa shape index (κ1) is 17.6. The van der Waals surface area contributed by atoms with Crippen molar-refractivity contribution < 1.29 is 9.90 Å². The molecular weight excluding hydrogens is 342 g/mol. The number of carbonyl (C=O) groups is 1. The van der Waals surface area contributed by atoms with Crippen molar-refractivity contribution in [3.05, 3.63) is 46.5 Å². The van der Waals surface area contributed by atoms with Crippen LogP contribution in [-0.4, -0.2) is 37.1 Å². The summed E-state index contributed by atoms with van der Waals surface area (Å²) in [5.74, 6) is 1.07. The standard InChI is InChI=1S/C17H20ClN5O2/c1-17(2,25)10-23-16(13-6-7-15(24)21-20-13)19-14(22-23)9-11-4-3-5-12(18)8-11/h3-5,8,25H,6-7,9-10H2,1-2H3,(H,21,24). The average Bonchev–Trinajstić information content (AvgIpc) is 2.88. The molecule has 0 atom stereocenters. The molecule has 0 spiro atoms. The Kier molecular flexibility index (Phi) is 4.87. The van der Waals surface area contributed by atoms with Crippen LogP contribution < -0.4 is 5.43 Å². The number of hydrazone groups is 1. The summed E-state index contributed by atoms with van der Waals surface area (Å²) in [5, 5.41) is 19.4. The molecule has 2 aromatic rings. The number of benzene rings is 1. The molecule has 0 bridgehead atoms. The Morgan fingerprint density at radius 1 is 1.36 bits per heavy atom. The molecule has 2 N–H and O–H groups in total. The summed E-state index contributed by atoms with van der Waals surface area (Å²) in [6.45, 7) is 3.69. The number of hydrogen-bond acceptors (Lipinski definition) is 5. The van der Waals surface area contributed by atoms with Crippen LogP contribution in [0.15, 0.2) is 29.4 Å². The minimum absolute atomic E-state index is 0.114. The van der Waals surface area contributed by atoms with Crippen molar-refractivity contribution in [1.29, 1.82) is 0 Å². The maximum atomic E-state index is 11.3. The monoisotopic (exact) mass is 361 g/mol. The van der Waals surface area contributed by atoms with E-state index in [2.05, 4.69) is 20.6 Å². The molecule has 2 heterocycles. The van der Waals surface area contributed by atoms with Crippen LogP contribution in [-0.2, 0) is 17.8 Å². The van der Waals surface area contributed by atoms with Gasteiger partial charge in [-0.2, -0.15) is 10.2 Å².